The lowest BCUT2D eigenvalue weighted by Crippen LogP contribution is -2.33. The van der Waals surface area contributed by atoms with Crippen LogP contribution in [0.1, 0.15) is 37.0 Å². The van der Waals surface area contributed by atoms with Crippen LogP contribution in [-0.2, 0) is 16.7 Å². The third-order valence-electron chi connectivity index (χ3n) is 6.60. The van der Waals surface area contributed by atoms with E-state index in [0.29, 0.717) is 30.7 Å². The summed E-state index contributed by atoms with van der Waals surface area (Å²) in [4.78, 5) is 30.8. The number of aromatic amines is 1. The van der Waals surface area contributed by atoms with Crippen LogP contribution >= 0.6 is 0 Å². The van der Waals surface area contributed by atoms with E-state index in [1.54, 1.807) is 19.8 Å². The van der Waals surface area contributed by atoms with E-state index < -0.39 is 0 Å². The van der Waals surface area contributed by atoms with E-state index in [9.17, 15) is 4.79 Å². The van der Waals surface area contributed by atoms with Crippen molar-refractivity contribution in [2.24, 2.45) is 11.8 Å². The van der Waals surface area contributed by atoms with Crippen LogP contribution in [0.2, 0.25) is 0 Å². The van der Waals surface area contributed by atoms with Crippen molar-refractivity contribution in [1.82, 2.24) is 34.6 Å². The van der Waals surface area contributed by atoms with Crippen LogP contribution in [0, 0.1) is 11.8 Å². The number of likely N-dealkylation sites (tertiary alicyclic amines) is 1. The van der Waals surface area contributed by atoms with E-state index >= 15 is 0 Å². The number of hydrogen-bond donors (Lipinski definition) is 1. The molecule has 0 aromatic carbocycles. The SMILES string of the molecule is COCCn1cnc2c(N3CC4CN(C(=O)c5cc(C(C)(C)C)[nH]n5)CC4C3)ncnc21. The average Bonchev–Trinajstić information content (AvgIpc) is 3.53. The second-order valence-corrected chi connectivity index (χ2v) is 9.85. The number of aromatic nitrogens is 6. The van der Waals surface area contributed by atoms with Crippen LogP contribution in [0.5, 0.6) is 0 Å². The molecule has 2 aliphatic rings. The molecule has 5 heterocycles. The second kappa shape index (κ2) is 7.84. The number of fused-ring (bicyclic) bond motifs is 2. The minimum Gasteiger partial charge on any atom is -0.383 e. The fraction of sp³-hybridized carbons (Fsp3) is 0.591. The van der Waals surface area contributed by atoms with Gasteiger partial charge in [-0.1, -0.05) is 20.8 Å². The largest absolute Gasteiger partial charge is 0.383 e. The lowest BCUT2D eigenvalue weighted by atomic mass is 9.92. The van der Waals surface area contributed by atoms with Crippen molar-refractivity contribution in [3.8, 4) is 0 Å². The van der Waals surface area contributed by atoms with Gasteiger partial charge in [-0.3, -0.25) is 9.89 Å². The van der Waals surface area contributed by atoms with Gasteiger partial charge in [0.05, 0.1) is 12.9 Å². The van der Waals surface area contributed by atoms with Crippen molar-refractivity contribution in [1.29, 1.82) is 0 Å². The van der Waals surface area contributed by atoms with E-state index in [1.807, 2.05) is 15.5 Å². The molecule has 10 heteroatoms. The number of ether oxygens (including phenoxy) is 1. The normalized spacial score (nSPS) is 21.0. The summed E-state index contributed by atoms with van der Waals surface area (Å²) in [6.07, 6.45) is 3.41. The molecular formula is C22H30N8O2. The van der Waals surface area contributed by atoms with Crippen LogP contribution in [0.3, 0.4) is 0 Å². The van der Waals surface area contributed by atoms with Gasteiger partial charge >= 0.3 is 0 Å². The Labute approximate surface area is 187 Å². The lowest BCUT2D eigenvalue weighted by Gasteiger charge is -2.22. The minimum absolute atomic E-state index is 0.0130. The first kappa shape index (κ1) is 20.9. The van der Waals surface area contributed by atoms with E-state index in [0.717, 1.165) is 48.9 Å². The molecule has 2 aliphatic heterocycles. The zero-order valence-electron chi connectivity index (χ0n) is 19.1. The first-order valence-corrected chi connectivity index (χ1v) is 11.1. The Morgan fingerprint density at radius 1 is 1.16 bits per heavy atom. The number of H-pyrrole nitrogens is 1. The molecule has 1 amide bonds. The third kappa shape index (κ3) is 3.62. The number of rotatable bonds is 5. The van der Waals surface area contributed by atoms with Gasteiger partial charge in [-0.15, -0.1) is 0 Å². The molecule has 5 rings (SSSR count). The number of carbonyl (C=O) groups is 1. The van der Waals surface area contributed by atoms with Gasteiger partial charge in [0.15, 0.2) is 17.0 Å². The molecule has 0 bridgehead atoms. The summed E-state index contributed by atoms with van der Waals surface area (Å²) in [7, 11) is 1.69. The Hall–Kier alpha value is -3.01. The van der Waals surface area contributed by atoms with Crippen molar-refractivity contribution < 1.29 is 9.53 Å². The predicted molar refractivity (Wildman–Crippen MR) is 120 cm³/mol. The van der Waals surface area contributed by atoms with Crippen molar-refractivity contribution >= 4 is 22.9 Å². The van der Waals surface area contributed by atoms with Gasteiger partial charge in [0.2, 0.25) is 0 Å². The zero-order valence-corrected chi connectivity index (χ0v) is 19.1. The Balaban J connectivity index is 1.28. The summed E-state index contributed by atoms with van der Waals surface area (Å²) in [5.41, 5.74) is 3.07. The van der Waals surface area contributed by atoms with Crippen LogP contribution in [0.4, 0.5) is 5.82 Å². The fourth-order valence-corrected chi connectivity index (χ4v) is 4.76. The van der Waals surface area contributed by atoms with Crippen molar-refractivity contribution in [2.45, 2.75) is 32.7 Å². The maximum atomic E-state index is 13.0. The summed E-state index contributed by atoms with van der Waals surface area (Å²) in [6, 6.07) is 1.89. The number of nitrogens with zero attached hydrogens (tertiary/aromatic N) is 7. The van der Waals surface area contributed by atoms with Crippen LogP contribution in [-0.4, -0.2) is 80.4 Å². The molecule has 2 atom stereocenters. The van der Waals surface area contributed by atoms with E-state index in [-0.39, 0.29) is 11.3 Å². The van der Waals surface area contributed by atoms with E-state index in [2.05, 4.69) is 50.8 Å². The quantitative estimate of drug-likeness (QED) is 0.646. The molecule has 0 radical (unpaired) electrons. The van der Waals surface area contributed by atoms with Crippen LogP contribution in [0.25, 0.3) is 11.2 Å². The first-order valence-electron chi connectivity index (χ1n) is 11.1. The molecule has 2 fully saturated rings. The van der Waals surface area contributed by atoms with Gasteiger partial charge in [-0.05, 0) is 6.07 Å². The second-order valence-electron chi connectivity index (χ2n) is 9.85. The highest BCUT2D eigenvalue weighted by Gasteiger charge is 2.43. The summed E-state index contributed by atoms with van der Waals surface area (Å²) in [5, 5.41) is 7.30. The zero-order chi connectivity index (χ0) is 22.5. The maximum Gasteiger partial charge on any atom is 0.274 e. The van der Waals surface area contributed by atoms with Gasteiger partial charge in [0.1, 0.15) is 12.0 Å². The molecule has 10 nitrogen and oxygen atoms in total. The highest BCUT2D eigenvalue weighted by Crippen LogP contribution is 2.35. The van der Waals surface area contributed by atoms with E-state index in [1.165, 1.54) is 0 Å². The minimum atomic E-state index is -0.0625. The Morgan fingerprint density at radius 3 is 2.56 bits per heavy atom. The monoisotopic (exact) mass is 438 g/mol. The van der Waals surface area contributed by atoms with Gasteiger partial charge in [0, 0.05) is 62.8 Å². The number of nitrogens with one attached hydrogen (secondary N) is 1. The summed E-state index contributed by atoms with van der Waals surface area (Å²) in [6.45, 7) is 10.8. The highest BCUT2D eigenvalue weighted by atomic mass is 16.5. The summed E-state index contributed by atoms with van der Waals surface area (Å²) in [5.74, 6) is 1.72. The molecular weight excluding hydrogens is 408 g/mol. The number of imidazole rings is 1. The van der Waals surface area contributed by atoms with Crippen LogP contribution < -0.4 is 4.90 Å². The lowest BCUT2D eigenvalue weighted by molar-refractivity contribution is 0.0776. The standard InChI is InChI=1S/C22H30N8O2/c1-22(2,3)17-7-16(26-27-17)21(31)30-10-14-8-29(9-15(14)11-30)20-18-19(23-12-24-20)28(13-25-18)5-6-32-4/h7,12-15H,5-6,8-11H2,1-4H3,(H,26,27). The molecule has 0 spiro atoms. The molecule has 0 saturated carbocycles. The predicted octanol–water partition coefficient (Wildman–Crippen LogP) is 1.70. The van der Waals surface area contributed by atoms with Crippen LogP contribution in [0.15, 0.2) is 18.7 Å². The molecule has 0 aliphatic carbocycles. The topological polar surface area (TPSA) is 105 Å². The molecule has 3 aromatic heterocycles. The average molecular weight is 439 g/mol. The Bertz CT molecular complexity index is 1120. The van der Waals surface area contributed by atoms with Gasteiger partial charge in [0.25, 0.3) is 5.91 Å². The number of amides is 1. The fourth-order valence-electron chi connectivity index (χ4n) is 4.76. The van der Waals surface area contributed by atoms with E-state index in [4.69, 9.17) is 4.74 Å². The number of hydrogen-bond acceptors (Lipinski definition) is 7. The van der Waals surface area contributed by atoms with Gasteiger partial charge in [-0.2, -0.15) is 5.10 Å². The summed E-state index contributed by atoms with van der Waals surface area (Å²) < 4.78 is 7.18. The molecule has 3 aromatic rings. The number of carbonyl (C=O) groups excluding carboxylic acids is 1. The Kier molecular flexibility index (Phi) is 5.11. The third-order valence-corrected chi connectivity index (χ3v) is 6.60. The Morgan fingerprint density at radius 2 is 1.91 bits per heavy atom. The van der Waals surface area contributed by atoms with Gasteiger partial charge in [-0.25, -0.2) is 15.0 Å². The number of methoxy groups -OCH3 is 1. The number of anilines is 1. The molecule has 2 unspecified atom stereocenters. The molecule has 2 saturated heterocycles. The van der Waals surface area contributed by atoms with Gasteiger partial charge < -0.3 is 19.1 Å². The van der Waals surface area contributed by atoms with Crippen molar-refractivity contribution in [2.75, 3.05) is 44.8 Å². The first-order chi connectivity index (χ1) is 15.3. The smallest absolute Gasteiger partial charge is 0.274 e. The summed E-state index contributed by atoms with van der Waals surface area (Å²) >= 11 is 0. The van der Waals surface area contributed by atoms with Crippen molar-refractivity contribution in [3.05, 3.63) is 30.1 Å². The molecule has 1 N–H and O–H groups in total. The highest BCUT2D eigenvalue weighted by molar-refractivity contribution is 5.92. The maximum absolute atomic E-state index is 13.0. The van der Waals surface area contributed by atoms with Crippen molar-refractivity contribution in [3.63, 3.8) is 0 Å². The molecule has 32 heavy (non-hydrogen) atoms. The molecule has 170 valence electrons.